The van der Waals surface area contributed by atoms with E-state index in [-0.39, 0.29) is 10.8 Å². The fourth-order valence-corrected chi connectivity index (χ4v) is 2.10. The van der Waals surface area contributed by atoms with Gasteiger partial charge in [-0.1, -0.05) is 42.2 Å². The highest BCUT2D eigenvalue weighted by molar-refractivity contribution is 8.26. The number of thioether (sulfide) groups is 1. The minimum absolute atomic E-state index is 0.277. The highest BCUT2D eigenvalue weighted by Crippen LogP contribution is 2.23. The summed E-state index contributed by atoms with van der Waals surface area (Å²) < 4.78 is 5.25. The van der Waals surface area contributed by atoms with E-state index in [0.29, 0.717) is 9.88 Å². The van der Waals surface area contributed by atoms with Crippen molar-refractivity contribution in [2.24, 2.45) is 0 Å². The Balaban J connectivity index is 2.04. The second-order valence-corrected chi connectivity index (χ2v) is 4.82. The zero-order valence-corrected chi connectivity index (χ0v) is 10.1. The van der Waals surface area contributed by atoms with Gasteiger partial charge in [0.2, 0.25) is 0 Å². The van der Waals surface area contributed by atoms with E-state index in [1.54, 1.807) is 30.3 Å². The van der Waals surface area contributed by atoms with E-state index in [0.717, 1.165) is 18.0 Å². The standard InChI is InChI=1S/C11H7NO3S2/c13-9-8(17-11(16)12-9)6-15-10(14)7-4-2-1-3-5-7/h1-6H,(H,12,13,16). The molecule has 6 heteroatoms. The molecular weight excluding hydrogens is 258 g/mol. The van der Waals surface area contributed by atoms with Crippen molar-refractivity contribution in [2.45, 2.75) is 0 Å². The minimum atomic E-state index is -0.510. The van der Waals surface area contributed by atoms with Crippen LogP contribution in [0.5, 0.6) is 0 Å². The number of amides is 1. The Hall–Kier alpha value is -1.66. The van der Waals surface area contributed by atoms with E-state index >= 15 is 0 Å². The molecule has 1 aliphatic heterocycles. The van der Waals surface area contributed by atoms with Gasteiger partial charge >= 0.3 is 5.97 Å². The molecule has 0 spiro atoms. The SMILES string of the molecule is O=C1NC(=S)SC1=COC(=O)c1ccccc1. The number of ether oxygens (including phenoxy) is 1. The Bertz CT molecular complexity index is 511. The van der Waals surface area contributed by atoms with E-state index in [4.69, 9.17) is 17.0 Å². The third-order valence-electron chi connectivity index (χ3n) is 1.92. The molecule has 1 fully saturated rings. The number of hydrogen-bond acceptors (Lipinski definition) is 5. The predicted octanol–water partition coefficient (Wildman–Crippen LogP) is 1.83. The van der Waals surface area contributed by atoms with E-state index in [1.807, 2.05) is 0 Å². The molecule has 17 heavy (non-hydrogen) atoms. The van der Waals surface area contributed by atoms with Crippen molar-refractivity contribution in [3.05, 3.63) is 47.1 Å². The monoisotopic (exact) mass is 265 g/mol. The summed E-state index contributed by atoms with van der Waals surface area (Å²) in [5, 5.41) is 2.43. The van der Waals surface area contributed by atoms with Gasteiger partial charge in [-0.05, 0) is 12.1 Å². The zero-order chi connectivity index (χ0) is 12.3. The summed E-state index contributed by atoms with van der Waals surface area (Å²) in [5.41, 5.74) is 0.426. The lowest BCUT2D eigenvalue weighted by atomic mass is 10.2. The van der Waals surface area contributed by atoms with Crippen molar-refractivity contribution in [3.63, 3.8) is 0 Å². The number of benzene rings is 1. The number of carbonyl (C=O) groups excluding carboxylic acids is 2. The highest BCUT2D eigenvalue weighted by Gasteiger charge is 2.23. The van der Waals surface area contributed by atoms with E-state index in [2.05, 4.69) is 5.32 Å². The molecule has 0 radical (unpaired) electrons. The van der Waals surface area contributed by atoms with Crippen LogP contribution in [-0.4, -0.2) is 16.2 Å². The number of carbonyl (C=O) groups is 2. The Labute approximate surface area is 107 Å². The Morgan fingerprint density at radius 1 is 1.35 bits per heavy atom. The smallest absolute Gasteiger partial charge is 0.342 e. The normalized spacial score (nSPS) is 17.1. The second kappa shape index (κ2) is 5.11. The Kier molecular flexibility index (Phi) is 3.55. The number of esters is 1. The lowest BCUT2D eigenvalue weighted by Crippen LogP contribution is -2.17. The molecule has 0 unspecified atom stereocenters. The van der Waals surface area contributed by atoms with Gasteiger partial charge in [0.1, 0.15) is 15.5 Å². The van der Waals surface area contributed by atoms with Crippen LogP contribution in [-0.2, 0) is 9.53 Å². The van der Waals surface area contributed by atoms with Crippen LogP contribution in [0.15, 0.2) is 41.5 Å². The van der Waals surface area contributed by atoms with Gasteiger partial charge < -0.3 is 10.1 Å². The topological polar surface area (TPSA) is 55.4 Å². The lowest BCUT2D eigenvalue weighted by Gasteiger charge is -1.98. The van der Waals surface area contributed by atoms with Crippen molar-refractivity contribution in [1.29, 1.82) is 0 Å². The molecule has 1 aromatic rings. The second-order valence-electron chi connectivity index (χ2n) is 3.10. The summed E-state index contributed by atoms with van der Waals surface area (Å²) in [6.45, 7) is 0. The van der Waals surface area contributed by atoms with Crippen molar-refractivity contribution in [1.82, 2.24) is 5.32 Å². The van der Waals surface area contributed by atoms with Crippen molar-refractivity contribution in [3.8, 4) is 0 Å². The van der Waals surface area contributed by atoms with Gasteiger partial charge in [-0.3, -0.25) is 4.79 Å². The average molecular weight is 265 g/mol. The van der Waals surface area contributed by atoms with Crippen LogP contribution in [0, 0.1) is 0 Å². The van der Waals surface area contributed by atoms with Gasteiger partial charge in [-0.2, -0.15) is 0 Å². The first kappa shape index (κ1) is 11.8. The minimum Gasteiger partial charge on any atom is -0.429 e. The first-order valence-electron chi connectivity index (χ1n) is 4.66. The summed E-state index contributed by atoms with van der Waals surface area (Å²) in [4.78, 5) is 23.1. The van der Waals surface area contributed by atoms with Gasteiger partial charge in [-0.25, -0.2) is 4.79 Å². The summed E-state index contributed by atoms with van der Waals surface area (Å²) in [7, 11) is 0. The van der Waals surface area contributed by atoms with Gasteiger partial charge in [0.05, 0.1) is 5.56 Å². The maximum absolute atomic E-state index is 11.5. The molecule has 1 heterocycles. The first-order valence-corrected chi connectivity index (χ1v) is 5.88. The number of nitrogens with one attached hydrogen (secondary N) is 1. The van der Waals surface area contributed by atoms with Crippen LogP contribution in [0.1, 0.15) is 10.4 Å². The van der Waals surface area contributed by atoms with E-state index < -0.39 is 5.97 Å². The highest BCUT2D eigenvalue weighted by atomic mass is 32.2. The van der Waals surface area contributed by atoms with Crippen LogP contribution in [0.3, 0.4) is 0 Å². The molecule has 0 aliphatic carbocycles. The van der Waals surface area contributed by atoms with Gasteiger partial charge in [0, 0.05) is 0 Å². The molecule has 0 aromatic heterocycles. The van der Waals surface area contributed by atoms with Crippen LogP contribution in [0.4, 0.5) is 0 Å². The quantitative estimate of drug-likeness (QED) is 0.383. The third-order valence-corrected chi connectivity index (χ3v) is 3.07. The van der Waals surface area contributed by atoms with Crippen molar-refractivity contribution >= 4 is 40.2 Å². The average Bonchev–Trinajstić information content (AvgIpc) is 2.66. The lowest BCUT2D eigenvalue weighted by molar-refractivity contribution is -0.115. The van der Waals surface area contributed by atoms with Crippen molar-refractivity contribution < 1.29 is 14.3 Å². The molecule has 1 saturated heterocycles. The first-order chi connectivity index (χ1) is 8.16. The summed E-state index contributed by atoms with van der Waals surface area (Å²) in [6.07, 6.45) is 1.12. The van der Waals surface area contributed by atoms with Crippen LogP contribution >= 0.6 is 24.0 Å². The summed E-state index contributed by atoms with van der Waals surface area (Å²) in [5.74, 6) is -0.856. The fourth-order valence-electron chi connectivity index (χ4n) is 1.15. The predicted molar refractivity (Wildman–Crippen MR) is 68.3 cm³/mol. The van der Waals surface area contributed by atoms with Crippen LogP contribution < -0.4 is 5.32 Å². The Morgan fingerprint density at radius 3 is 2.65 bits per heavy atom. The van der Waals surface area contributed by atoms with E-state index in [1.165, 1.54) is 0 Å². The molecule has 86 valence electrons. The Morgan fingerprint density at radius 2 is 2.06 bits per heavy atom. The maximum atomic E-state index is 11.5. The number of thiocarbonyl (C=S) groups is 1. The molecule has 1 amide bonds. The van der Waals surface area contributed by atoms with Gasteiger partial charge in [0.25, 0.3) is 5.91 Å². The molecule has 4 nitrogen and oxygen atoms in total. The maximum Gasteiger partial charge on any atom is 0.342 e. The fraction of sp³-hybridized carbons (Fsp3) is 0. The molecule has 1 aromatic carbocycles. The van der Waals surface area contributed by atoms with Crippen LogP contribution in [0.25, 0.3) is 0 Å². The molecule has 1 aliphatic rings. The van der Waals surface area contributed by atoms with Gasteiger partial charge in [-0.15, -0.1) is 0 Å². The molecule has 0 atom stereocenters. The number of hydrogen-bond donors (Lipinski definition) is 1. The van der Waals surface area contributed by atoms with Crippen molar-refractivity contribution in [2.75, 3.05) is 0 Å². The van der Waals surface area contributed by atoms with Gasteiger partial charge in [0.15, 0.2) is 0 Å². The summed E-state index contributed by atoms with van der Waals surface area (Å²) in [6, 6.07) is 8.53. The molecule has 1 N–H and O–H groups in total. The van der Waals surface area contributed by atoms with Crippen LogP contribution in [0.2, 0.25) is 0 Å². The third kappa shape index (κ3) is 2.92. The number of rotatable bonds is 2. The molecular formula is C11H7NO3S2. The molecule has 0 saturated carbocycles. The largest absolute Gasteiger partial charge is 0.429 e. The zero-order valence-electron chi connectivity index (χ0n) is 8.51. The molecule has 2 rings (SSSR count). The summed E-state index contributed by atoms with van der Waals surface area (Å²) >= 11 is 5.86. The van der Waals surface area contributed by atoms with E-state index in [9.17, 15) is 9.59 Å². The molecule has 0 bridgehead atoms.